The van der Waals surface area contributed by atoms with Crippen LogP contribution in [0.15, 0.2) is 29.2 Å². The molecule has 0 aliphatic rings. The second-order valence-corrected chi connectivity index (χ2v) is 9.80. The van der Waals surface area contributed by atoms with E-state index in [4.69, 9.17) is 0 Å². The van der Waals surface area contributed by atoms with Gasteiger partial charge in [0.1, 0.15) is 0 Å². The molecule has 0 radical (unpaired) electrons. The number of hydrogen-bond acceptors (Lipinski definition) is 3. The fourth-order valence-corrected chi connectivity index (χ4v) is 4.00. The van der Waals surface area contributed by atoms with Crippen LogP contribution >= 0.6 is 0 Å². The minimum Gasteiger partial charge on any atom is -0.326 e. The lowest BCUT2D eigenvalue weighted by molar-refractivity contribution is -0.116. The van der Waals surface area contributed by atoms with E-state index in [1.165, 1.54) is 88.3 Å². The third-order valence-electron chi connectivity index (χ3n) is 4.92. The van der Waals surface area contributed by atoms with Gasteiger partial charge in [-0.05, 0) is 30.7 Å². The van der Waals surface area contributed by atoms with Crippen LogP contribution in [-0.2, 0) is 14.8 Å². The maximum atomic E-state index is 12.0. The van der Waals surface area contributed by atoms with Gasteiger partial charge in [-0.2, -0.15) is 0 Å². The van der Waals surface area contributed by atoms with E-state index in [0.717, 1.165) is 12.8 Å². The summed E-state index contributed by atoms with van der Waals surface area (Å²) in [5.74, 6) is -0.0147. The molecule has 0 atom stereocenters. The fraction of sp³-hybridized carbons (Fsp3) is 0.682. The minimum absolute atomic E-state index is 0.0147. The number of carbonyl (C=O) groups is 1. The minimum atomic E-state index is -3.44. The molecule has 0 aliphatic carbocycles. The second kappa shape index (κ2) is 13.7. The maximum absolute atomic E-state index is 12.0. The van der Waals surface area contributed by atoms with Gasteiger partial charge in [-0.3, -0.25) is 4.79 Å². The summed E-state index contributed by atoms with van der Waals surface area (Å²) in [6.45, 7) is 2.24. The van der Waals surface area contributed by atoms with Crippen molar-refractivity contribution in [2.75, 3.05) is 19.4 Å². The van der Waals surface area contributed by atoms with Crippen molar-refractivity contribution in [1.29, 1.82) is 0 Å². The highest BCUT2D eigenvalue weighted by atomic mass is 32.2. The molecule has 0 saturated heterocycles. The maximum Gasteiger partial charge on any atom is 0.242 e. The van der Waals surface area contributed by atoms with Crippen molar-refractivity contribution in [2.45, 2.75) is 88.9 Å². The summed E-state index contributed by atoms with van der Waals surface area (Å²) >= 11 is 0. The van der Waals surface area contributed by atoms with Crippen molar-refractivity contribution in [1.82, 2.24) is 4.31 Å². The molecule has 0 spiro atoms. The molecule has 28 heavy (non-hydrogen) atoms. The Kier molecular flexibility index (Phi) is 12.1. The Morgan fingerprint density at radius 1 is 0.821 bits per heavy atom. The lowest BCUT2D eigenvalue weighted by Crippen LogP contribution is -2.22. The van der Waals surface area contributed by atoms with Gasteiger partial charge in [0.15, 0.2) is 0 Å². The predicted molar refractivity (Wildman–Crippen MR) is 117 cm³/mol. The third-order valence-corrected chi connectivity index (χ3v) is 6.75. The van der Waals surface area contributed by atoms with Crippen molar-refractivity contribution in [2.24, 2.45) is 0 Å². The van der Waals surface area contributed by atoms with Crippen LogP contribution in [0.25, 0.3) is 0 Å². The molecule has 0 aliphatic heterocycles. The Balaban J connectivity index is 2.14. The van der Waals surface area contributed by atoms with Crippen molar-refractivity contribution in [3.05, 3.63) is 24.3 Å². The number of sulfonamides is 1. The van der Waals surface area contributed by atoms with E-state index >= 15 is 0 Å². The van der Waals surface area contributed by atoms with Gasteiger partial charge in [0, 0.05) is 26.2 Å². The first kappa shape index (κ1) is 24.6. The van der Waals surface area contributed by atoms with Gasteiger partial charge in [-0.15, -0.1) is 0 Å². The van der Waals surface area contributed by atoms with Crippen LogP contribution in [0.1, 0.15) is 84.0 Å². The lowest BCUT2D eigenvalue weighted by atomic mass is 10.1. The molecular formula is C22H38N2O3S. The molecule has 5 nitrogen and oxygen atoms in total. The molecule has 0 saturated carbocycles. The Bertz CT molecular complexity index is 655. The van der Waals surface area contributed by atoms with Crippen LogP contribution in [0.5, 0.6) is 0 Å². The van der Waals surface area contributed by atoms with Crippen molar-refractivity contribution in [3.63, 3.8) is 0 Å². The molecule has 1 aromatic carbocycles. The van der Waals surface area contributed by atoms with Crippen LogP contribution in [-0.4, -0.2) is 32.7 Å². The number of nitrogens with one attached hydrogen (secondary N) is 1. The average Bonchev–Trinajstić information content (AvgIpc) is 2.66. The van der Waals surface area contributed by atoms with E-state index in [1.54, 1.807) is 12.1 Å². The van der Waals surface area contributed by atoms with Crippen molar-refractivity contribution < 1.29 is 13.2 Å². The standard InChI is InChI=1S/C22H38N2O3S/c1-4-5-6-7-8-9-10-11-12-13-14-15-22(25)23-20-16-18-21(19-17-20)28(26,27)24(2)3/h16-19H,4-15H2,1-3H3,(H,23,25). The molecule has 0 bridgehead atoms. The fourth-order valence-electron chi connectivity index (χ4n) is 3.09. The highest BCUT2D eigenvalue weighted by Gasteiger charge is 2.16. The predicted octanol–water partition coefficient (Wildman–Crippen LogP) is 5.58. The molecular weight excluding hydrogens is 372 g/mol. The van der Waals surface area contributed by atoms with Gasteiger partial charge in [-0.25, -0.2) is 12.7 Å². The molecule has 160 valence electrons. The molecule has 6 heteroatoms. The first-order chi connectivity index (χ1) is 13.4. The lowest BCUT2D eigenvalue weighted by Gasteiger charge is -2.12. The molecule has 1 N–H and O–H groups in total. The Hall–Kier alpha value is -1.40. The molecule has 0 unspecified atom stereocenters. The van der Waals surface area contributed by atoms with Crippen LogP contribution in [0.3, 0.4) is 0 Å². The first-order valence-electron chi connectivity index (χ1n) is 10.7. The molecule has 0 aromatic heterocycles. The number of carbonyl (C=O) groups excluding carboxylic acids is 1. The van der Waals surface area contributed by atoms with Gasteiger partial charge in [0.2, 0.25) is 15.9 Å². The Morgan fingerprint density at radius 3 is 1.75 bits per heavy atom. The zero-order valence-electron chi connectivity index (χ0n) is 17.9. The smallest absolute Gasteiger partial charge is 0.242 e. The second-order valence-electron chi connectivity index (χ2n) is 7.65. The summed E-state index contributed by atoms with van der Waals surface area (Å²) in [4.78, 5) is 12.2. The molecule has 1 amide bonds. The van der Waals surface area contributed by atoms with E-state index in [1.807, 2.05) is 0 Å². The Labute approximate surface area is 172 Å². The summed E-state index contributed by atoms with van der Waals surface area (Å²) in [7, 11) is -0.438. The van der Waals surface area contributed by atoms with Gasteiger partial charge in [0.25, 0.3) is 0 Å². The normalized spacial score (nSPS) is 11.7. The monoisotopic (exact) mass is 410 g/mol. The molecule has 0 fully saturated rings. The van der Waals surface area contributed by atoms with Crippen LogP contribution in [0, 0.1) is 0 Å². The molecule has 0 heterocycles. The highest BCUT2D eigenvalue weighted by molar-refractivity contribution is 7.89. The number of amides is 1. The van der Waals surface area contributed by atoms with Crippen LogP contribution in [0.2, 0.25) is 0 Å². The van der Waals surface area contributed by atoms with Gasteiger partial charge in [0.05, 0.1) is 4.90 Å². The number of anilines is 1. The number of unbranched alkanes of at least 4 members (excludes halogenated alkanes) is 10. The summed E-state index contributed by atoms with van der Waals surface area (Å²) < 4.78 is 25.2. The van der Waals surface area contributed by atoms with Crippen LogP contribution in [0.4, 0.5) is 5.69 Å². The first-order valence-corrected chi connectivity index (χ1v) is 12.1. The summed E-state index contributed by atoms with van der Waals surface area (Å²) in [6, 6.07) is 6.31. The summed E-state index contributed by atoms with van der Waals surface area (Å²) in [6.07, 6.45) is 14.4. The van der Waals surface area contributed by atoms with Crippen molar-refractivity contribution in [3.8, 4) is 0 Å². The molecule has 1 rings (SSSR count). The van der Waals surface area contributed by atoms with Gasteiger partial charge in [-0.1, -0.05) is 71.1 Å². The van der Waals surface area contributed by atoms with Gasteiger partial charge >= 0.3 is 0 Å². The summed E-state index contributed by atoms with van der Waals surface area (Å²) in [5.41, 5.74) is 0.630. The molecule has 1 aromatic rings. The van der Waals surface area contributed by atoms with Gasteiger partial charge < -0.3 is 5.32 Å². The zero-order valence-corrected chi connectivity index (χ0v) is 18.7. The third kappa shape index (κ3) is 9.69. The van der Waals surface area contributed by atoms with E-state index in [-0.39, 0.29) is 10.8 Å². The Morgan fingerprint density at radius 2 is 1.29 bits per heavy atom. The largest absolute Gasteiger partial charge is 0.326 e. The highest BCUT2D eigenvalue weighted by Crippen LogP contribution is 2.17. The summed E-state index contributed by atoms with van der Waals surface area (Å²) in [5, 5.41) is 2.84. The zero-order chi connectivity index (χ0) is 20.8. The number of nitrogens with zero attached hydrogens (tertiary/aromatic N) is 1. The SMILES string of the molecule is CCCCCCCCCCCCCC(=O)Nc1ccc(S(=O)(=O)N(C)C)cc1. The van der Waals surface area contributed by atoms with Crippen LogP contribution < -0.4 is 5.32 Å². The van der Waals surface area contributed by atoms with E-state index in [0.29, 0.717) is 12.1 Å². The topological polar surface area (TPSA) is 66.5 Å². The average molecular weight is 411 g/mol. The van der Waals surface area contributed by atoms with E-state index in [9.17, 15) is 13.2 Å². The number of benzene rings is 1. The van der Waals surface area contributed by atoms with E-state index < -0.39 is 10.0 Å². The quantitative estimate of drug-likeness (QED) is 0.384. The number of rotatable bonds is 15. The van der Waals surface area contributed by atoms with Crippen molar-refractivity contribution >= 4 is 21.6 Å². The number of hydrogen-bond donors (Lipinski definition) is 1. The van der Waals surface area contributed by atoms with E-state index in [2.05, 4.69) is 12.2 Å².